The lowest BCUT2D eigenvalue weighted by Gasteiger charge is -2.45. The van der Waals surface area contributed by atoms with E-state index >= 15 is 0 Å². The van der Waals surface area contributed by atoms with Crippen molar-refractivity contribution in [2.45, 2.75) is 5.41 Å². The van der Waals surface area contributed by atoms with Crippen molar-refractivity contribution in [2.24, 2.45) is 0 Å². The molecule has 1 aliphatic heterocycles. The summed E-state index contributed by atoms with van der Waals surface area (Å²) in [5.74, 6) is 1.78. The Bertz CT molecular complexity index is 3870. The molecule has 0 bridgehead atoms. The van der Waals surface area contributed by atoms with Gasteiger partial charge < -0.3 is 14.2 Å². The Balaban J connectivity index is 1.08. The standard InChI is InChI=1S/C61H38N2O/c1-3-16-41-36-43(30-28-39(41)14-1)62(45-32-33-48-47-19-6-10-25-55(47)63(57(48)38-45)44-31-29-40-15-2-4-17-42(40)37-44)56-35-34-49-46-18-5-7-21-51(46)61(54-24-13-20-50(56)60(49)54)52-22-8-11-26-58(52)64-59-27-12-9-23-53(59)61/h1-38H. The zero-order valence-corrected chi connectivity index (χ0v) is 34.7. The average molecular weight is 815 g/mol. The summed E-state index contributed by atoms with van der Waals surface area (Å²) in [4.78, 5) is 2.48. The molecule has 0 N–H and O–H groups in total. The van der Waals surface area contributed by atoms with E-state index in [2.05, 4.69) is 240 Å². The molecule has 2 aliphatic rings. The maximum absolute atomic E-state index is 6.73. The number of hydrogen-bond acceptors (Lipinski definition) is 2. The van der Waals surface area contributed by atoms with Gasteiger partial charge in [-0.1, -0.05) is 170 Å². The van der Waals surface area contributed by atoms with Crippen molar-refractivity contribution >= 4 is 71.2 Å². The smallest absolute Gasteiger partial charge is 0.132 e. The molecular formula is C61H38N2O. The number of hydrogen-bond donors (Lipinski definition) is 0. The Labute approximate surface area is 370 Å². The molecule has 298 valence electrons. The van der Waals surface area contributed by atoms with Gasteiger partial charge in [-0.25, -0.2) is 0 Å². The number of benzene rings is 11. The molecule has 11 aromatic carbocycles. The number of aromatic nitrogens is 1. The predicted molar refractivity (Wildman–Crippen MR) is 265 cm³/mol. The Morgan fingerprint density at radius 2 is 0.938 bits per heavy atom. The second-order valence-electron chi connectivity index (χ2n) is 17.2. The van der Waals surface area contributed by atoms with Gasteiger partial charge in [0.1, 0.15) is 11.5 Å². The normalized spacial score (nSPS) is 13.2. The third-order valence-electron chi connectivity index (χ3n) is 14.0. The van der Waals surface area contributed by atoms with E-state index in [1.54, 1.807) is 0 Å². The third kappa shape index (κ3) is 4.81. The van der Waals surface area contributed by atoms with Crippen molar-refractivity contribution in [3.05, 3.63) is 253 Å². The zero-order chi connectivity index (χ0) is 41.9. The summed E-state index contributed by atoms with van der Waals surface area (Å²) in [6, 6.07) is 84.7. The van der Waals surface area contributed by atoms with Crippen LogP contribution in [0.2, 0.25) is 0 Å². The molecule has 1 aliphatic carbocycles. The van der Waals surface area contributed by atoms with Gasteiger partial charge in [0.15, 0.2) is 0 Å². The van der Waals surface area contributed by atoms with Crippen LogP contribution < -0.4 is 9.64 Å². The molecule has 3 nitrogen and oxygen atoms in total. The summed E-state index contributed by atoms with van der Waals surface area (Å²) in [5, 5.41) is 9.76. The second-order valence-corrected chi connectivity index (χ2v) is 17.2. The second kappa shape index (κ2) is 13.3. The Morgan fingerprint density at radius 3 is 1.73 bits per heavy atom. The maximum Gasteiger partial charge on any atom is 0.132 e. The van der Waals surface area contributed by atoms with E-state index in [1.165, 1.54) is 70.9 Å². The van der Waals surface area contributed by atoms with Crippen LogP contribution in [0, 0.1) is 0 Å². The average Bonchev–Trinajstić information content (AvgIpc) is 3.69. The first-order chi connectivity index (χ1) is 31.7. The van der Waals surface area contributed by atoms with E-state index in [4.69, 9.17) is 4.74 Å². The summed E-state index contributed by atoms with van der Waals surface area (Å²) in [6.45, 7) is 0. The van der Waals surface area contributed by atoms with Crippen LogP contribution in [0.5, 0.6) is 11.5 Å². The number of ether oxygens (including phenoxy) is 1. The molecule has 3 heteroatoms. The van der Waals surface area contributed by atoms with Crippen LogP contribution in [0.3, 0.4) is 0 Å². The van der Waals surface area contributed by atoms with Crippen molar-refractivity contribution < 1.29 is 4.74 Å². The summed E-state index contributed by atoms with van der Waals surface area (Å²) in [6.07, 6.45) is 0. The highest BCUT2D eigenvalue weighted by Crippen LogP contribution is 2.62. The number of nitrogens with zero attached hydrogens (tertiary/aromatic N) is 2. The minimum atomic E-state index is -0.610. The molecule has 0 saturated heterocycles. The molecule has 0 radical (unpaired) electrons. The molecule has 64 heavy (non-hydrogen) atoms. The van der Waals surface area contributed by atoms with Gasteiger partial charge in [0.05, 0.1) is 22.1 Å². The summed E-state index contributed by atoms with van der Waals surface area (Å²) in [5.41, 5.74) is 13.5. The zero-order valence-electron chi connectivity index (χ0n) is 34.7. The Morgan fingerprint density at radius 1 is 0.359 bits per heavy atom. The van der Waals surface area contributed by atoms with Crippen LogP contribution in [0.1, 0.15) is 22.3 Å². The lowest BCUT2D eigenvalue weighted by Crippen LogP contribution is -2.36. The fourth-order valence-electron chi connectivity index (χ4n) is 11.3. The van der Waals surface area contributed by atoms with Gasteiger partial charge in [0.2, 0.25) is 0 Å². The van der Waals surface area contributed by atoms with Crippen LogP contribution in [0.15, 0.2) is 231 Å². The highest BCUT2D eigenvalue weighted by atomic mass is 16.5. The molecule has 0 fully saturated rings. The Kier molecular flexibility index (Phi) is 7.32. The highest BCUT2D eigenvalue weighted by Gasteiger charge is 2.49. The van der Waals surface area contributed by atoms with Crippen LogP contribution in [0.25, 0.3) is 70.9 Å². The van der Waals surface area contributed by atoms with Gasteiger partial charge in [0, 0.05) is 44.3 Å². The fraction of sp³-hybridized carbons (Fsp3) is 0.0164. The molecule has 2 heterocycles. The van der Waals surface area contributed by atoms with Crippen LogP contribution in [-0.2, 0) is 5.41 Å². The SMILES string of the molecule is c1ccc2c(c1)Oc1ccccc1C21c2ccccc2-c2ccc(N(c3ccc4ccccc4c3)c3ccc4c5ccccc5n(-c5ccc6ccccc6c5)c4c3)c3cccc1c23. The van der Waals surface area contributed by atoms with Crippen molar-refractivity contribution in [1.82, 2.24) is 4.57 Å². The predicted octanol–water partition coefficient (Wildman–Crippen LogP) is 16.2. The van der Waals surface area contributed by atoms with E-state index in [1.807, 2.05) is 0 Å². The van der Waals surface area contributed by atoms with Gasteiger partial charge in [0.25, 0.3) is 0 Å². The largest absolute Gasteiger partial charge is 0.457 e. The Hall–Kier alpha value is -8.40. The highest BCUT2D eigenvalue weighted by molar-refractivity contribution is 6.14. The van der Waals surface area contributed by atoms with E-state index in [0.717, 1.165) is 50.9 Å². The first-order valence-corrected chi connectivity index (χ1v) is 22.1. The quantitative estimate of drug-likeness (QED) is 0.176. The number of anilines is 3. The van der Waals surface area contributed by atoms with Crippen LogP contribution >= 0.6 is 0 Å². The first kappa shape index (κ1) is 35.2. The van der Waals surface area contributed by atoms with Gasteiger partial charge >= 0.3 is 0 Å². The lowest BCUT2D eigenvalue weighted by atomic mass is 9.58. The molecule has 12 aromatic rings. The molecule has 1 spiro atoms. The molecule has 0 saturated carbocycles. The minimum Gasteiger partial charge on any atom is -0.457 e. The molecular weight excluding hydrogens is 777 g/mol. The number of fused-ring (bicyclic) bond motifs is 13. The fourth-order valence-corrected chi connectivity index (χ4v) is 11.3. The van der Waals surface area contributed by atoms with E-state index in [9.17, 15) is 0 Å². The van der Waals surface area contributed by atoms with Crippen molar-refractivity contribution in [1.29, 1.82) is 0 Å². The van der Waals surface area contributed by atoms with E-state index < -0.39 is 5.41 Å². The minimum absolute atomic E-state index is 0.610. The van der Waals surface area contributed by atoms with Crippen molar-refractivity contribution in [2.75, 3.05) is 4.90 Å². The number of rotatable bonds is 4. The van der Waals surface area contributed by atoms with Gasteiger partial charge in [-0.3, -0.25) is 0 Å². The molecule has 0 atom stereocenters. The monoisotopic (exact) mass is 814 g/mol. The molecule has 1 aromatic heterocycles. The first-order valence-electron chi connectivity index (χ1n) is 22.1. The van der Waals surface area contributed by atoms with Crippen LogP contribution in [-0.4, -0.2) is 4.57 Å². The topological polar surface area (TPSA) is 17.4 Å². The molecule has 0 amide bonds. The van der Waals surface area contributed by atoms with Gasteiger partial charge in [-0.05, 0) is 110 Å². The summed E-state index contributed by atoms with van der Waals surface area (Å²) >= 11 is 0. The van der Waals surface area contributed by atoms with Crippen molar-refractivity contribution in [3.8, 4) is 28.3 Å². The molecule has 14 rings (SSSR count). The van der Waals surface area contributed by atoms with Crippen molar-refractivity contribution in [3.63, 3.8) is 0 Å². The maximum atomic E-state index is 6.73. The van der Waals surface area contributed by atoms with Crippen LogP contribution in [0.4, 0.5) is 17.1 Å². The lowest BCUT2D eigenvalue weighted by molar-refractivity contribution is 0.435. The number of para-hydroxylation sites is 3. The van der Waals surface area contributed by atoms with E-state index in [0.29, 0.717) is 0 Å². The molecule has 0 unspecified atom stereocenters. The summed E-state index contributed by atoms with van der Waals surface area (Å²) in [7, 11) is 0. The third-order valence-corrected chi connectivity index (χ3v) is 14.0. The van der Waals surface area contributed by atoms with Gasteiger partial charge in [-0.15, -0.1) is 0 Å². The summed E-state index contributed by atoms with van der Waals surface area (Å²) < 4.78 is 9.17. The van der Waals surface area contributed by atoms with E-state index in [-0.39, 0.29) is 0 Å². The van der Waals surface area contributed by atoms with Gasteiger partial charge in [-0.2, -0.15) is 0 Å².